The Bertz CT molecular complexity index is 505. The molecule has 1 fully saturated rings. The first-order valence-electron chi connectivity index (χ1n) is 6.06. The number of nitrogens with one attached hydrogen (secondary N) is 1. The highest BCUT2D eigenvalue weighted by Crippen LogP contribution is 2.21. The number of hydrogen-bond acceptors (Lipinski definition) is 3. The van der Waals surface area contributed by atoms with E-state index in [-0.39, 0.29) is 12.6 Å². The van der Waals surface area contributed by atoms with Gasteiger partial charge >= 0.3 is 12.0 Å². The fourth-order valence-corrected chi connectivity index (χ4v) is 1.95. The molecular weight excluding hydrogens is 268 g/mol. The molecule has 1 aliphatic rings. The number of esters is 1. The molecule has 1 saturated heterocycles. The molecule has 0 unspecified atom stereocenters. The molecule has 0 spiro atoms. The summed E-state index contributed by atoms with van der Waals surface area (Å²) in [4.78, 5) is 24.7. The summed E-state index contributed by atoms with van der Waals surface area (Å²) < 4.78 is 5.18. The topological polar surface area (TPSA) is 58.6 Å². The van der Waals surface area contributed by atoms with Gasteiger partial charge in [0.1, 0.15) is 12.3 Å². The number of carbonyl (C=O) groups is 2. The van der Waals surface area contributed by atoms with Crippen LogP contribution in [0.4, 0.5) is 4.79 Å². The number of aryl methyl sites for hydroxylation is 1. The summed E-state index contributed by atoms with van der Waals surface area (Å²) in [6.45, 7) is 3.01. The zero-order valence-corrected chi connectivity index (χ0v) is 11.4. The lowest BCUT2D eigenvalue weighted by Gasteiger charge is -2.26. The van der Waals surface area contributed by atoms with Crippen molar-refractivity contribution in [3.05, 3.63) is 28.8 Å². The van der Waals surface area contributed by atoms with E-state index < -0.39 is 5.97 Å². The van der Waals surface area contributed by atoms with E-state index in [1.807, 2.05) is 6.92 Å². The molecule has 5 nitrogen and oxygen atoms in total. The maximum absolute atomic E-state index is 11.7. The molecule has 102 valence electrons. The van der Waals surface area contributed by atoms with Gasteiger partial charge in [0.05, 0.1) is 0 Å². The van der Waals surface area contributed by atoms with Crippen LogP contribution in [0.3, 0.4) is 0 Å². The van der Waals surface area contributed by atoms with E-state index in [1.165, 1.54) is 4.90 Å². The van der Waals surface area contributed by atoms with Crippen molar-refractivity contribution in [2.75, 3.05) is 19.6 Å². The van der Waals surface area contributed by atoms with E-state index in [0.29, 0.717) is 23.9 Å². The van der Waals surface area contributed by atoms with E-state index in [9.17, 15) is 9.59 Å². The molecule has 19 heavy (non-hydrogen) atoms. The highest BCUT2D eigenvalue weighted by molar-refractivity contribution is 6.31. The molecule has 2 amide bonds. The Labute approximate surface area is 116 Å². The summed E-state index contributed by atoms with van der Waals surface area (Å²) in [5.41, 5.74) is 0.836. The second-order valence-electron chi connectivity index (χ2n) is 4.39. The van der Waals surface area contributed by atoms with Crippen LogP contribution < -0.4 is 10.1 Å². The van der Waals surface area contributed by atoms with Crippen LogP contribution in [-0.4, -0.2) is 36.5 Å². The second kappa shape index (κ2) is 5.93. The first kappa shape index (κ1) is 13.7. The highest BCUT2D eigenvalue weighted by atomic mass is 35.5. The predicted molar refractivity (Wildman–Crippen MR) is 71.4 cm³/mol. The van der Waals surface area contributed by atoms with Gasteiger partial charge in [0, 0.05) is 18.1 Å². The Morgan fingerprint density at radius 1 is 1.53 bits per heavy atom. The van der Waals surface area contributed by atoms with Crippen molar-refractivity contribution in [2.45, 2.75) is 13.3 Å². The van der Waals surface area contributed by atoms with Gasteiger partial charge in [-0.2, -0.15) is 0 Å². The van der Waals surface area contributed by atoms with Crippen LogP contribution in [0.15, 0.2) is 18.2 Å². The molecule has 0 atom stereocenters. The lowest BCUT2D eigenvalue weighted by atomic mass is 10.2. The number of rotatable bonds is 3. The number of carbonyl (C=O) groups excluding carboxylic acids is 2. The Morgan fingerprint density at radius 3 is 3.00 bits per heavy atom. The van der Waals surface area contributed by atoms with Crippen molar-refractivity contribution >= 4 is 23.6 Å². The standard InChI is InChI=1S/C13H15ClN2O3/c1-9-7-10(3-4-11(9)14)19-12(17)8-16-6-2-5-15-13(16)18/h3-4,7H,2,5-6,8H2,1H3,(H,15,18). The van der Waals surface area contributed by atoms with Crippen molar-refractivity contribution in [1.82, 2.24) is 10.2 Å². The van der Waals surface area contributed by atoms with Crippen molar-refractivity contribution < 1.29 is 14.3 Å². The molecular formula is C13H15ClN2O3. The third-order valence-corrected chi connectivity index (χ3v) is 3.27. The fourth-order valence-electron chi connectivity index (χ4n) is 1.83. The quantitative estimate of drug-likeness (QED) is 0.681. The van der Waals surface area contributed by atoms with E-state index >= 15 is 0 Å². The molecule has 1 heterocycles. The van der Waals surface area contributed by atoms with Gasteiger partial charge in [-0.15, -0.1) is 0 Å². The SMILES string of the molecule is Cc1cc(OC(=O)CN2CCCNC2=O)ccc1Cl. The normalized spacial score (nSPS) is 15.1. The van der Waals surface area contributed by atoms with Crippen molar-refractivity contribution in [1.29, 1.82) is 0 Å². The average Bonchev–Trinajstić information content (AvgIpc) is 2.37. The maximum atomic E-state index is 11.7. The average molecular weight is 283 g/mol. The van der Waals surface area contributed by atoms with Gasteiger partial charge in [0.2, 0.25) is 0 Å². The van der Waals surface area contributed by atoms with Gasteiger partial charge in [-0.3, -0.25) is 0 Å². The van der Waals surface area contributed by atoms with E-state index in [0.717, 1.165) is 12.0 Å². The van der Waals surface area contributed by atoms with Crippen LogP contribution in [0, 0.1) is 6.92 Å². The molecule has 0 bridgehead atoms. The molecule has 6 heteroatoms. The lowest BCUT2D eigenvalue weighted by molar-refractivity contribution is -0.135. The maximum Gasteiger partial charge on any atom is 0.331 e. The van der Waals surface area contributed by atoms with Gasteiger partial charge in [0.25, 0.3) is 0 Å². The van der Waals surface area contributed by atoms with E-state index in [1.54, 1.807) is 18.2 Å². The summed E-state index contributed by atoms with van der Waals surface area (Å²) in [6, 6.07) is 4.77. The second-order valence-corrected chi connectivity index (χ2v) is 4.80. The van der Waals surface area contributed by atoms with Crippen molar-refractivity contribution in [3.8, 4) is 5.75 Å². The molecule has 1 aliphatic heterocycles. The zero-order valence-electron chi connectivity index (χ0n) is 10.6. The predicted octanol–water partition coefficient (Wildman–Crippen LogP) is 1.97. The van der Waals surface area contributed by atoms with Gasteiger partial charge in [-0.1, -0.05) is 11.6 Å². The van der Waals surface area contributed by atoms with Crippen LogP contribution in [0.5, 0.6) is 5.75 Å². The van der Waals surface area contributed by atoms with Crippen LogP contribution in [0.2, 0.25) is 5.02 Å². The molecule has 0 aliphatic carbocycles. The Morgan fingerprint density at radius 2 is 2.32 bits per heavy atom. The van der Waals surface area contributed by atoms with E-state index in [4.69, 9.17) is 16.3 Å². The van der Waals surface area contributed by atoms with Gasteiger partial charge in [0.15, 0.2) is 0 Å². The first-order chi connectivity index (χ1) is 9.06. The smallest absolute Gasteiger partial charge is 0.331 e. The van der Waals surface area contributed by atoms with Gasteiger partial charge in [-0.25, -0.2) is 9.59 Å². The molecule has 0 saturated carbocycles. The summed E-state index contributed by atoms with van der Waals surface area (Å²) in [5, 5.41) is 3.30. The number of amides is 2. The minimum atomic E-state index is -0.459. The van der Waals surface area contributed by atoms with Crippen LogP contribution in [0.25, 0.3) is 0 Å². The molecule has 0 aromatic heterocycles. The Kier molecular flexibility index (Phi) is 4.27. The molecule has 1 aromatic carbocycles. The molecule has 2 rings (SSSR count). The summed E-state index contributed by atoms with van der Waals surface area (Å²) in [6.07, 6.45) is 0.832. The number of benzene rings is 1. The summed E-state index contributed by atoms with van der Waals surface area (Å²) in [5.74, 6) is -0.0249. The molecule has 1 aromatic rings. The van der Waals surface area contributed by atoms with E-state index in [2.05, 4.69) is 5.32 Å². The number of hydrogen-bond donors (Lipinski definition) is 1. The van der Waals surface area contributed by atoms with Crippen molar-refractivity contribution in [3.63, 3.8) is 0 Å². The highest BCUT2D eigenvalue weighted by Gasteiger charge is 2.21. The van der Waals surface area contributed by atoms with Crippen LogP contribution in [0.1, 0.15) is 12.0 Å². The number of halogens is 1. The van der Waals surface area contributed by atoms with Gasteiger partial charge < -0.3 is 15.0 Å². The minimum absolute atomic E-state index is 0.0481. The van der Waals surface area contributed by atoms with Crippen LogP contribution >= 0.6 is 11.6 Å². The fraction of sp³-hybridized carbons (Fsp3) is 0.385. The molecule has 0 radical (unpaired) electrons. The summed E-state index contributed by atoms with van der Waals surface area (Å²) >= 11 is 5.89. The number of nitrogens with zero attached hydrogens (tertiary/aromatic N) is 1. The Hall–Kier alpha value is -1.75. The van der Waals surface area contributed by atoms with Crippen molar-refractivity contribution in [2.24, 2.45) is 0 Å². The lowest BCUT2D eigenvalue weighted by Crippen LogP contribution is -2.48. The number of ether oxygens (including phenoxy) is 1. The largest absolute Gasteiger partial charge is 0.425 e. The number of urea groups is 1. The van der Waals surface area contributed by atoms with Gasteiger partial charge in [-0.05, 0) is 37.1 Å². The first-order valence-corrected chi connectivity index (χ1v) is 6.43. The monoisotopic (exact) mass is 282 g/mol. The third-order valence-electron chi connectivity index (χ3n) is 2.85. The summed E-state index contributed by atoms with van der Waals surface area (Å²) in [7, 11) is 0. The van der Waals surface area contributed by atoms with Crippen LogP contribution in [-0.2, 0) is 4.79 Å². The Balaban J connectivity index is 1.93. The minimum Gasteiger partial charge on any atom is -0.425 e. The molecule has 1 N–H and O–H groups in total. The third kappa shape index (κ3) is 3.61. The zero-order chi connectivity index (χ0) is 13.8.